The minimum Gasteiger partial charge on any atom is -0.493 e. The molecule has 1 aliphatic heterocycles. The van der Waals surface area contributed by atoms with Gasteiger partial charge in [-0.3, -0.25) is 9.69 Å². The van der Waals surface area contributed by atoms with E-state index in [0.717, 1.165) is 22.4 Å². The van der Waals surface area contributed by atoms with Crippen LogP contribution >= 0.6 is 11.3 Å². The van der Waals surface area contributed by atoms with Crippen molar-refractivity contribution in [1.29, 1.82) is 0 Å². The van der Waals surface area contributed by atoms with Crippen molar-refractivity contribution in [3.8, 4) is 11.5 Å². The van der Waals surface area contributed by atoms with Crippen LogP contribution in [0, 0.1) is 12.7 Å². The van der Waals surface area contributed by atoms with Crippen molar-refractivity contribution >= 4 is 22.9 Å². The van der Waals surface area contributed by atoms with Gasteiger partial charge in [0.2, 0.25) is 5.91 Å². The molecule has 2 heterocycles. The molecule has 1 N–H and O–H groups in total. The van der Waals surface area contributed by atoms with E-state index in [9.17, 15) is 9.18 Å². The van der Waals surface area contributed by atoms with Crippen molar-refractivity contribution in [3.05, 3.63) is 75.2 Å². The van der Waals surface area contributed by atoms with E-state index in [1.54, 1.807) is 37.7 Å². The Hall–Kier alpha value is -2.90. The molecule has 0 radical (unpaired) electrons. The largest absolute Gasteiger partial charge is 0.493 e. The zero-order chi connectivity index (χ0) is 22.0. The molecule has 0 saturated heterocycles. The van der Waals surface area contributed by atoms with Crippen molar-refractivity contribution in [3.63, 3.8) is 0 Å². The van der Waals surface area contributed by atoms with Gasteiger partial charge in [-0.1, -0.05) is 12.1 Å². The van der Waals surface area contributed by atoms with Gasteiger partial charge in [0.25, 0.3) is 0 Å². The molecule has 1 atom stereocenters. The van der Waals surface area contributed by atoms with Gasteiger partial charge in [-0.05, 0) is 65.7 Å². The number of halogens is 1. The molecule has 3 aromatic rings. The summed E-state index contributed by atoms with van der Waals surface area (Å²) in [4.78, 5) is 16.1. The lowest BCUT2D eigenvalue weighted by atomic mass is 9.91. The van der Waals surface area contributed by atoms with Crippen LogP contribution in [-0.4, -0.2) is 38.1 Å². The van der Waals surface area contributed by atoms with E-state index in [2.05, 4.69) is 16.3 Å². The SMILES string of the molecule is COc1cc2c(cc1OC)[C@@H](c1cccs1)N(CC(=O)Nc1ccc(C)cc1F)CC2. The third-order valence-corrected chi connectivity index (χ3v) is 6.46. The molecule has 0 unspecified atom stereocenters. The fourth-order valence-corrected chi connectivity index (χ4v) is 4.92. The standard InChI is InChI=1S/C24H25FN2O3S/c1-15-6-7-19(18(25)11-15)26-23(28)14-27-9-8-16-12-20(29-2)21(30-3)13-17(16)24(27)22-5-4-10-31-22/h4-7,10-13,24H,8-9,14H2,1-3H3,(H,26,28)/t24-/m0/s1. The van der Waals surface area contributed by atoms with E-state index < -0.39 is 5.82 Å². The number of anilines is 1. The maximum absolute atomic E-state index is 14.2. The van der Waals surface area contributed by atoms with Gasteiger partial charge in [-0.15, -0.1) is 11.3 Å². The summed E-state index contributed by atoms with van der Waals surface area (Å²) in [6.45, 7) is 2.67. The van der Waals surface area contributed by atoms with E-state index in [4.69, 9.17) is 9.47 Å². The van der Waals surface area contributed by atoms with Crippen LogP contribution in [0.4, 0.5) is 10.1 Å². The van der Waals surface area contributed by atoms with Crippen molar-refractivity contribution in [2.45, 2.75) is 19.4 Å². The molecule has 2 aromatic carbocycles. The second kappa shape index (κ2) is 9.08. The quantitative estimate of drug-likeness (QED) is 0.598. The lowest BCUT2D eigenvalue weighted by molar-refractivity contribution is -0.117. The first kappa shape index (κ1) is 21.3. The lowest BCUT2D eigenvalue weighted by Gasteiger charge is -2.37. The van der Waals surface area contributed by atoms with Gasteiger partial charge in [0.05, 0.1) is 32.5 Å². The van der Waals surface area contributed by atoms with Crippen molar-refractivity contribution in [2.75, 3.05) is 32.6 Å². The zero-order valence-corrected chi connectivity index (χ0v) is 18.6. The molecule has 0 fully saturated rings. The highest BCUT2D eigenvalue weighted by atomic mass is 32.1. The number of thiophene rings is 1. The summed E-state index contributed by atoms with van der Waals surface area (Å²) in [5.41, 5.74) is 3.29. The van der Waals surface area contributed by atoms with Crippen molar-refractivity contribution < 1.29 is 18.7 Å². The summed E-state index contributed by atoms with van der Waals surface area (Å²) in [6.07, 6.45) is 0.781. The number of fused-ring (bicyclic) bond motifs is 1. The third kappa shape index (κ3) is 4.43. The van der Waals surface area contributed by atoms with Crippen LogP contribution in [0.15, 0.2) is 47.8 Å². The summed E-state index contributed by atoms with van der Waals surface area (Å²) < 4.78 is 25.2. The number of nitrogens with one attached hydrogen (secondary N) is 1. The molecule has 31 heavy (non-hydrogen) atoms. The number of benzene rings is 2. The number of carbonyl (C=O) groups excluding carboxylic acids is 1. The monoisotopic (exact) mass is 440 g/mol. The van der Waals surface area contributed by atoms with E-state index in [1.807, 2.05) is 30.5 Å². The Morgan fingerprint density at radius 1 is 1.19 bits per heavy atom. The molecule has 7 heteroatoms. The van der Waals surface area contributed by atoms with Gasteiger partial charge in [-0.25, -0.2) is 4.39 Å². The minimum atomic E-state index is -0.427. The Morgan fingerprint density at radius 3 is 2.65 bits per heavy atom. The van der Waals surface area contributed by atoms with Gasteiger partial charge in [0.15, 0.2) is 11.5 Å². The van der Waals surface area contributed by atoms with E-state index in [0.29, 0.717) is 18.0 Å². The molecular weight excluding hydrogens is 415 g/mol. The Kier molecular flexibility index (Phi) is 6.25. The molecular formula is C24H25FN2O3S. The first-order valence-electron chi connectivity index (χ1n) is 10.1. The number of methoxy groups -OCH3 is 2. The second-order valence-electron chi connectivity index (χ2n) is 7.58. The molecule has 5 nitrogen and oxygen atoms in total. The minimum absolute atomic E-state index is 0.0860. The van der Waals surface area contributed by atoms with Crippen molar-refractivity contribution in [2.24, 2.45) is 0 Å². The molecule has 0 spiro atoms. The van der Waals surface area contributed by atoms with Crippen molar-refractivity contribution in [1.82, 2.24) is 4.90 Å². The maximum atomic E-state index is 14.2. The van der Waals surface area contributed by atoms with Crippen LogP contribution in [0.1, 0.15) is 27.6 Å². The number of aryl methyl sites for hydroxylation is 1. The number of rotatable bonds is 6. The highest BCUT2D eigenvalue weighted by Crippen LogP contribution is 2.42. The Labute approximate surface area is 185 Å². The third-order valence-electron chi connectivity index (χ3n) is 5.53. The number of hydrogen-bond donors (Lipinski definition) is 1. The molecule has 0 aliphatic carbocycles. The number of hydrogen-bond acceptors (Lipinski definition) is 5. The van der Waals surface area contributed by atoms with Gasteiger partial charge >= 0.3 is 0 Å². The smallest absolute Gasteiger partial charge is 0.238 e. The molecule has 0 bridgehead atoms. The zero-order valence-electron chi connectivity index (χ0n) is 17.8. The van der Waals surface area contributed by atoms with Crippen LogP contribution in [0.3, 0.4) is 0 Å². The van der Waals surface area contributed by atoms with Gasteiger partial charge in [-0.2, -0.15) is 0 Å². The van der Waals surface area contributed by atoms with Gasteiger partial charge < -0.3 is 14.8 Å². The molecule has 1 aromatic heterocycles. The Morgan fingerprint density at radius 2 is 1.97 bits per heavy atom. The molecule has 4 rings (SSSR count). The summed E-state index contributed by atoms with van der Waals surface area (Å²) in [6, 6.07) is 12.8. The van der Waals surface area contributed by atoms with Crippen LogP contribution in [0.25, 0.3) is 0 Å². The highest BCUT2D eigenvalue weighted by Gasteiger charge is 2.32. The van der Waals surface area contributed by atoms with Gasteiger partial charge in [0, 0.05) is 11.4 Å². The summed E-state index contributed by atoms with van der Waals surface area (Å²) >= 11 is 1.65. The molecule has 0 saturated carbocycles. The van der Waals surface area contributed by atoms with E-state index in [1.165, 1.54) is 11.6 Å². The topological polar surface area (TPSA) is 50.8 Å². The van der Waals surface area contributed by atoms with Crippen LogP contribution in [-0.2, 0) is 11.2 Å². The Balaban J connectivity index is 1.62. The van der Waals surface area contributed by atoms with E-state index in [-0.39, 0.29) is 24.2 Å². The van der Waals surface area contributed by atoms with Crippen LogP contribution in [0.2, 0.25) is 0 Å². The number of carbonyl (C=O) groups is 1. The predicted molar refractivity (Wildman–Crippen MR) is 121 cm³/mol. The highest BCUT2D eigenvalue weighted by molar-refractivity contribution is 7.10. The van der Waals surface area contributed by atoms with E-state index >= 15 is 0 Å². The van der Waals surface area contributed by atoms with Gasteiger partial charge in [0.1, 0.15) is 5.82 Å². The average molecular weight is 441 g/mol. The fraction of sp³-hybridized carbons (Fsp3) is 0.292. The first-order chi connectivity index (χ1) is 15.0. The normalized spacial score (nSPS) is 15.9. The summed E-state index contributed by atoms with van der Waals surface area (Å²) in [5.74, 6) is 0.695. The first-order valence-corrected chi connectivity index (χ1v) is 11.0. The van der Waals surface area contributed by atoms with Crippen LogP contribution < -0.4 is 14.8 Å². The summed E-state index contributed by atoms with van der Waals surface area (Å²) in [7, 11) is 3.25. The number of amides is 1. The fourth-order valence-electron chi connectivity index (χ4n) is 4.04. The summed E-state index contributed by atoms with van der Waals surface area (Å²) in [5, 5.41) is 4.75. The molecule has 1 amide bonds. The molecule has 162 valence electrons. The molecule has 1 aliphatic rings. The lowest BCUT2D eigenvalue weighted by Crippen LogP contribution is -2.41. The van der Waals surface area contributed by atoms with Crippen LogP contribution in [0.5, 0.6) is 11.5 Å². The predicted octanol–water partition coefficient (Wildman–Crippen LogP) is 4.80. The number of nitrogens with zero attached hydrogens (tertiary/aromatic N) is 1. The second-order valence-corrected chi connectivity index (χ2v) is 8.56. The Bertz CT molecular complexity index is 1080. The number of ether oxygens (including phenoxy) is 2. The maximum Gasteiger partial charge on any atom is 0.238 e. The average Bonchev–Trinajstić information content (AvgIpc) is 3.29.